The Balaban J connectivity index is 0.00000243. The number of benzene rings is 1. The van der Waals surface area contributed by atoms with E-state index >= 15 is 0 Å². The number of nitrogens with zero attached hydrogens (tertiary/aromatic N) is 4. The molecule has 26 heavy (non-hydrogen) atoms. The summed E-state index contributed by atoms with van der Waals surface area (Å²) in [5.74, 6) is 3.67. The van der Waals surface area contributed by atoms with Crippen LogP contribution in [0.5, 0.6) is 5.75 Å². The summed E-state index contributed by atoms with van der Waals surface area (Å²) in [5, 5.41) is 15.1. The Labute approximate surface area is 171 Å². The third-order valence-corrected chi connectivity index (χ3v) is 4.32. The molecular formula is C18H27IN6O. The second kappa shape index (κ2) is 10.3. The summed E-state index contributed by atoms with van der Waals surface area (Å²) in [7, 11) is 1.77. The monoisotopic (exact) mass is 470 g/mol. The van der Waals surface area contributed by atoms with Crippen molar-refractivity contribution in [2.24, 2.45) is 4.99 Å². The van der Waals surface area contributed by atoms with Gasteiger partial charge in [0.25, 0.3) is 0 Å². The van der Waals surface area contributed by atoms with Crippen LogP contribution < -0.4 is 15.4 Å². The summed E-state index contributed by atoms with van der Waals surface area (Å²) in [4.78, 5) is 4.28. The van der Waals surface area contributed by atoms with E-state index in [-0.39, 0.29) is 30.1 Å². The molecule has 3 rings (SSSR count). The van der Waals surface area contributed by atoms with Gasteiger partial charge in [0.1, 0.15) is 17.7 Å². The number of hydrogen-bond acceptors (Lipinski definition) is 4. The number of guanidine groups is 1. The van der Waals surface area contributed by atoms with Gasteiger partial charge in [0, 0.05) is 20.0 Å². The number of aromatic nitrogens is 3. The summed E-state index contributed by atoms with van der Waals surface area (Å²) in [6.45, 7) is 4.42. The fraction of sp³-hybridized carbons (Fsp3) is 0.500. The second-order valence-electron chi connectivity index (χ2n) is 6.06. The van der Waals surface area contributed by atoms with Crippen molar-refractivity contribution in [3.8, 4) is 5.75 Å². The maximum Gasteiger partial charge on any atom is 0.191 e. The highest BCUT2D eigenvalue weighted by Crippen LogP contribution is 2.14. The molecule has 1 aromatic carbocycles. The molecule has 0 saturated carbocycles. The van der Waals surface area contributed by atoms with Gasteiger partial charge in [-0.2, -0.15) is 0 Å². The highest BCUT2D eigenvalue weighted by atomic mass is 127. The summed E-state index contributed by atoms with van der Waals surface area (Å²) in [6, 6.07) is 9.89. The van der Waals surface area contributed by atoms with Gasteiger partial charge in [0.2, 0.25) is 0 Å². The van der Waals surface area contributed by atoms with Crippen LogP contribution in [0, 0.1) is 0 Å². The Morgan fingerprint density at radius 2 is 2.08 bits per heavy atom. The first kappa shape index (κ1) is 20.5. The van der Waals surface area contributed by atoms with Gasteiger partial charge in [0.15, 0.2) is 11.8 Å². The molecule has 0 aliphatic carbocycles. The molecule has 0 radical (unpaired) electrons. The summed E-state index contributed by atoms with van der Waals surface area (Å²) < 4.78 is 8.19. The average Bonchev–Trinajstić information content (AvgIpc) is 3.26. The van der Waals surface area contributed by atoms with Crippen LogP contribution in [0.1, 0.15) is 31.4 Å². The molecule has 8 heteroatoms. The number of aryl methyl sites for hydroxylation is 1. The predicted molar refractivity (Wildman–Crippen MR) is 113 cm³/mol. The zero-order valence-electron chi connectivity index (χ0n) is 15.3. The second-order valence-corrected chi connectivity index (χ2v) is 6.06. The van der Waals surface area contributed by atoms with E-state index in [9.17, 15) is 0 Å². The van der Waals surface area contributed by atoms with Crippen LogP contribution >= 0.6 is 24.0 Å². The molecule has 2 aromatic rings. The minimum atomic E-state index is 0. The van der Waals surface area contributed by atoms with Crippen molar-refractivity contribution < 1.29 is 4.74 Å². The van der Waals surface area contributed by atoms with Crippen molar-refractivity contribution in [3.63, 3.8) is 0 Å². The molecule has 1 atom stereocenters. The molecule has 0 amide bonds. The summed E-state index contributed by atoms with van der Waals surface area (Å²) in [5.41, 5.74) is 0. The number of rotatable bonds is 7. The molecule has 0 fully saturated rings. The number of ether oxygens (including phenoxy) is 1. The summed E-state index contributed by atoms with van der Waals surface area (Å²) >= 11 is 0. The Kier molecular flexibility index (Phi) is 8.14. The van der Waals surface area contributed by atoms with Crippen LogP contribution in [0.25, 0.3) is 0 Å². The van der Waals surface area contributed by atoms with E-state index in [0.29, 0.717) is 13.1 Å². The normalized spacial score (nSPS) is 14.3. The van der Waals surface area contributed by atoms with Gasteiger partial charge in [-0.25, -0.2) is 0 Å². The Hall–Kier alpha value is -1.84. The molecule has 0 bridgehead atoms. The van der Waals surface area contributed by atoms with Gasteiger partial charge < -0.3 is 19.9 Å². The Morgan fingerprint density at radius 1 is 1.27 bits per heavy atom. The van der Waals surface area contributed by atoms with Crippen molar-refractivity contribution in [3.05, 3.63) is 42.0 Å². The van der Waals surface area contributed by atoms with Crippen LogP contribution in [-0.2, 0) is 19.5 Å². The number of para-hydroxylation sites is 1. The fourth-order valence-corrected chi connectivity index (χ4v) is 2.90. The molecule has 0 saturated heterocycles. The fourth-order valence-electron chi connectivity index (χ4n) is 2.90. The zero-order valence-corrected chi connectivity index (χ0v) is 17.6. The smallest absolute Gasteiger partial charge is 0.191 e. The van der Waals surface area contributed by atoms with E-state index in [1.54, 1.807) is 7.05 Å². The Morgan fingerprint density at radius 3 is 2.81 bits per heavy atom. The third-order valence-electron chi connectivity index (χ3n) is 4.32. The first-order valence-corrected chi connectivity index (χ1v) is 8.87. The van der Waals surface area contributed by atoms with E-state index in [1.807, 2.05) is 30.3 Å². The molecule has 2 N–H and O–H groups in total. The van der Waals surface area contributed by atoms with E-state index in [0.717, 1.165) is 49.2 Å². The van der Waals surface area contributed by atoms with Crippen LogP contribution in [0.3, 0.4) is 0 Å². The van der Waals surface area contributed by atoms with E-state index in [4.69, 9.17) is 4.74 Å². The molecular weight excluding hydrogens is 443 g/mol. The maximum atomic E-state index is 6.00. The maximum absolute atomic E-state index is 6.00. The van der Waals surface area contributed by atoms with E-state index < -0.39 is 0 Å². The number of hydrogen-bond donors (Lipinski definition) is 2. The lowest BCUT2D eigenvalue weighted by atomic mass is 10.2. The van der Waals surface area contributed by atoms with E-state index in [1.165, 1.54) is 0 Å². The van der Waals surface area contributed by atoms with E-state index in [2.05, 4.69) is 37.3 Å². The number of aliphatic imine (C=N–C) groups is 1. The van der Waals surface area contributed by atoms with Crippen molar-refractivity contribution in [1.82, 2.24) is 25.4 Å². The van der Waals surface area contributed by atoms with Crippen LogP contribution in [0.2, 0.25) is 0 Å². The van der Waals surface area contributed by atoms with Crippen molar-refractivity contribution in [1.29, 1.82) is 0 Å². The molecule has 1 aliphatic heterocycles. The minimum Gasteiger partial charge on any atom is -0.489 e. The molecule has 7 nitrogen and oxygen atoms in total. The third kappa shape index (κ3) is 5.33. The van der Waals surface area contributed by atoms with Crippen molar-refractivity contribution >= 4 is 29.9 Å². The topological polar surface area (TPSA) is 76.4 Å². The summed E-state index contributed by atoms with van der Waals surface area (Å²) in [6.07, 6.45) is 3.17. The lowest BCUT2D eigenvalue weighted by Gasteiger charge is -2.20. The molecule has 1 aromatic heterocycles. The van der Waals surface area contributed by atoms with Crippen LogP contribution in [0.15, 0.2) is 35.3 Å². The van der Waals surface area contributed by atoms with Gasteiger partial charge in [-0.15, -0.1) is 34.2 Å². The molecule has 1 aliphatic rings. The first-order valence-electron chi connectivity index (χ1n) is 8.87. The number of nitrogens with one attached hydrogen (secondary N) is 2. The van der Waals surface area contributed by atoms with Crippen molar-refractivity contribution in [2.75, 3.05) is 13.6 Å². The molecule has 2 heterocycles. The molecule has 1 unspecified atom stereocenters. The highest BCUT2D eigenvalue weighted by molar-refractivity contribution is 14.0. The molecule has 142 valence electrons. The lowest BCUT2D eigenvalue weighted by Crippen LogP contribution is -2.42. The van der Waals surface area contributed by atoms with Crippen LogP contribution in [0.4, 0.5) is 0 Å². The Bertz CT molecular complexity index is 703. The lowest BCUT2D eigenvalue weighted by molar-refractivity contribution is 0.199. The van der Waals surface area contributed by atoms with Gasteiger partial charge >= 0.3 is 0 Å². The predicted octanol–water partition coefficient (Wildman–Crippen LogP) is 2.36. The average molecular weight is 470 g/mol. The number of fused-ring (bicyclic) bond motifs is 1. The largest absolute Gasteiger partial charge is 0.489 e. The SMILES string of the molecule is CCC(CNC(=NC)NCc1nnc2n1CCC2)Oc1ccccc1.I. The van der Waals surface area contributed by atoms with Gasteiger partial charge in [0.05, 0.1) is 13.1 Å². The van der Waals surface area contributed by atoms with Gasteiger partial charge in [-0.1, -0.05) is 25.1 Å². The van der Waals surface area contributed by atoms with Crippen molar-refractivity contribution in [2.45, 2.75) is 45.4 Å². The quantitative estimate of drug-likeness (QED) is 0.369. The van der Waals surface area contributed by atoms with Crippen LogP contribution in [-0.4, -0.2) is 40.4 Å². The minimum absolute atomic E-state index is 0. The number of halogens is 1. The zero-order chi connectivity index (χ0) is 17.5. The first-order chi connectivity index (χ1) is 12.3. The van der Waals surface area contributed by atoms with Gasteiger partial charge in [-0.3, -0.25) is 4.99 Å². The van der Waals surface area contributed by atoms with Gasteiger partial charge in [-0.05, 0) is 25.0 Å². The standard InChI is InChI=1S/C18H26N6O.HI/c1-3-14(25-15-8-5-4-6-9-15)12-20-18(19-2)21-13-17-23-22-16-10-7-11-24(16)17;/h4-6,8-9,14H,3,7,10-13H2,1-2H3,(H2,19,20,21);1H. The molecule has 0 spiro atoms. The highest BCUT2D eigenvalue weighted by Gasteiger charge is 2.17.